The molecular weight excluding hydrogens is 334 g/mol. The van der Waals surface area contributed by atoms with Gasteiger partial charge in [-0.25, -0.2) is 0 Å². The summed E-state index contributed by atoms with van der Waals surface area (Å²) in [7, 11) is 0. The van der Waals surface area contributed by atoms with Crippen LogP contribution in [0.4, 0.5) is 0 Å². The maximum Gasteiger partial charge on any atom is 0.223 e. The average molecular weight is 357 g/mol. The summed E-state index contributed by atoms with van der Waals surface area (Å²) >= 11 is 1.59. The fourth-order valence-electron chi connectivity index (χ4n) is 3.33. The van der Waals surface area contributed by atoms with Gasteiger partial charge in [-0.15, -0.1) is 11.8 Å². The van der Waals surface area contributed by atoms with Gasteiger partial charge in [-0.05, 0) is 37.3 Å². The van der Waals surface area contributed by atoms with Crippen LogP contribution in [0.3, 0.4) is 0 Å². The molecule has 4 nitrogen and oxygen atoms in total. The topological polar surface area (TPSA) is 50.5 Å². The molecule has 1 amide bonds. The summed E-state index contributed by atoms with van der Waals surface area (Å²) < 4.78 is 5.29. The van der Waals surface area contributed by atoms with Crippen molar-refractivity contribution in [1.82, 2.24) is 4.90 Å². The minimum absolute atomic E-state index is 0.102. The molecule has 1 aromatic carbocycles. The van der Waals surface area contributed by atoms with Crippen molar-refractivity contribution in [2.45, 2.75) is 30.6 Å². The number of hydrogen-bond donors (Lipinski definition) is 0. The Balaban J connectivity index is 1.62. The molecular formula is C20H23NO3S. The van der Waals surface area contributed by atoms with Crippen molar-refractivity contribution in [1.29, 1.82) is 0 Å². The Labute approximate surface area is 152 Å². The quantitative estimate of drug-likeness (QED) is 0.578. The maximum atomic E-state index is 12.9. The molecule has 1 aromatic heterocycles. The van der Waals surface area contributed by atoms with Crippen LogP contribution < -0.4 is 0 Å². The number of ketones is 1. The molecule has 0 spiro atoms. The van der Waals surface area contributed by atoms with E-state index in [9.17, 15) is 9.59 Å². The van der Waals surface area contributed by atoms with Crippen molar-refractivity contribution in [2.24, 2.45) is 5.92 Å². The minimum Gasteiger partial charge on any atom is -0.469 e. The second kappa shape index (κ2) is 8.39. The summed E-state index contributed by atoms with van der Waals surface area (Å²) in [6.45, 7) is 1.27. The predicted molar refractivity (Wildman–Crippen MR) is 98.9 cm³/mol. The van der Waals surface area contributed by atoms with E-state index in [0.717, 1.165) is 35.6 Å². The van der Waals surface area contributed by atoms with E-state index in [1.807, 2.05) is 47.6 Å². The number of benzene rings is 1. The number of hydrogen-bond acceptors (Lipinski definition) is 4. The zero-order valence-electron chi connectivity index (χ0n) is 14.4. The van der Waals surface area contributed by atoms with Crippen molar-refractivity contribution < 1.29 is 14.0 Å². The Kier molecular flexibility index (Phi) is 5.97. The molecule has 1 aliphatic heterocycles. The average Bonchev–Trinajstić information content (AvgIpc) is 3.19. The predicted octanol–water partition coefficient (Wildman–Crippen LogP) is 4.06. The van der Waals surface area contributed by atoms with Crippen LogP contribution in [0, 0.1) is 5.92 Å². The molecule has 132 valence electrons. The van der Waals surface area contributed by atoms with Crippen molar-refractivity contribution in [3.05, 3.63) is 54.0 Å². The minimum atomic E-state index is -0.102. The lowest BCUT2D eigenvalue weighted by atomic mass is 9.89. The normalized spacial score (nSPS) is 17.5. The highest BCUT2D eigenvalue weighted by atomic mass is 32.2. The number of carbonyl (C=O) groups is 2. The number of carbonyl (C=O) groups excluding carboxylic acids is 2. The van der Waals surface area contributed by atoms with Crippen LogP contribution in [0.15, 0.2) is 52.0 Å². The van der Waals surface area contributed by atoms with Gasteiger partial charge in [0, 0.05) is 42.3 Å². The van der Waals surface area contributed by atoms with Crippen LogP contribution in [-0.4, -0.2) is 35.9 Å². The Morgan fingerprint density at radius 3 is 2.84 bits per heavy atom. The lowest BCUT2D eigenvalue weighted by Crippen LogP contribution is -2.42. The number of rotatable bonds is 6. The molecule has 1 saturated heterocycles. The number of piperidine rings is 1. The highest BCUT2D eigenvalue weighted by Crippen LogP contribution is 2.27. The zero-order chi connectivity index (χ0) is 17.6. The number of amides is 1. The van der Waals surface area contributed by atoms with Crippen LogP contribution in [0.25, 0.3) is 0 Å². The van der Waals surface area contributed by atoms with E-state index in [2.05, 4.69) is 0 Å². The molecule has 25 heavy (non-hydrogen) atoms. The molecule has 5 heteroatoms. The smallest absolute Gasteiger partial charge is 0.223 e. The fourth-order valence-corrected chi connectivity index (χ4v) is 3.93. The first-order valence-corrected chi connectivity index (χ1v) is 9.89. The van der Waals surface area contributed by atoms with E-state index in [1.54, 1.807) is 18.0 Å². The van der Waals surface area contributed by atoms with Gasteiger partial charge < -0.3 is 9.32 Å². The van der Waals surface area contributed by atoms with Gasteiger partial charge in [-0.3, -0.25) is 9.59 Å². The van der Waals surface area contributed by atoms with Gasteiger partial charge in [0.05, 0.1) is 6.26 Å². The first-order chi connectivity index (χ1) is 12.2. The summed E-state index contributed by atoms with van der Waals surface area (Å²) in [4.78, 5) is 28.3. The van der Waals surface area contributed by atoms with E-state index in [4.69, 9.17) is 4.42 Å². The van der Waals surface area contributed by atoms with Crippen molar-refractivity contribution in [3.63, 3.8) is 0 Å². The molecule has 1 fully saturated rings. The van der Waals surface area contributed by atoms with Crippen LogP contribution in [0.5, 0.6) is 0 Å². The summed E-state index contributed by atoms with van der Waals surface area (Å²) in [6, 6.07) is 11.4. The van der Waals surface area contributed by atoms with Gasteiger partial charge in [0.1, 0.15) is 5.76 Å². The van der Waals surface area contributed by atoms with E-state index < -0.39 is 0 Å². The summed E-state index contributed by atoms with van der Waals surface area (Å²) in [5.74, 6) is 0.988. The fraction of sp³-hybridized carbons (Fsp3) is 0.400. The van der Waals surface area contributed by atoms with Crippen molar-refractivity contribution in [3.8, 4) is 0 Å². The van der Waals surface area contributed by atoms with E-state index >= 15 is 0 Å². The summed E-state index contributed by atoms with van der Waals surface area (Å²) in [6.07, 6.45) is 6.37. The van der Waals surface area contributed by atoms with Gasteiger partial charge in [0.25, 0.3) is 0 Å². The highest BCUT2D eigenvalue weighted by Gasteiger charge is 2.29. The van der Waals surface area contributed by atoms with Gasteiger partial charge in [0.2, 0.25) is 5.91 Å². The van der Waals surface area contributed by atoms with Gasteiger partial charge in [-0.2, -0.15) is 0 Å². The first kappa shape index (κ1) is 17.8. The Bertz CT molecular complexity index is 726. The van der Waals surface area contributed by atoms with E-state index in [-0.39, 0.29) is 17.6 Å². The second-order valence-electron chi connectivity index (χ2n) is 6.32. The third-order valence-corrected chi connectivity index (χ3v) is 5.48. The monoisotopic (exact) mass is 357 g/mol. The Morgan fingerprint density at radius 1 is 1.24 bits per heavy atom. The van der Waals surface area contributed by atoms with Gasteiger partial charge >= 0.3 is 0 Å². The molecule has 2 aromatic rings. The number of Topliss-reactive ketones (excluding diaryl/α,β-unsaturated/α-hetero) is 1. The molecule has 1 atom stereocenters. The van der Waals surface area contributed by atoms with Gasteiger partial charge in [-0.1, -0.05) is 18.2 Å². The molecule has 2 heterocycles. The zero-order valence-corrected chi connectivity index (χ0v) is 15.3. The Morgan fingerprint density at radius 2 is 2.08 bits per heavy atom. The van der Waals surface area contributed by atoms with E-state index in [1.165, 1.54) is 0 Å². The van der Waals surface area contributed by atoms with Crippen molar-refractivity contribution in [2.75, 3.05) is 19.3 Å². The summed E-state index contributed by atoms with van der Waals surface area (Å²) in [5, 5.41) is 0. The number of thioether (sulfide) groups is 1. The third kappa shape index (κ3) is 4.34. The second-order valence-corrected chi connectivity index (χ2v) is 7.17. The Hall–Kier alpha value is -2.01. The molecule has 0 saturated carbocycles. The van der Waals surface area contributed by atoms with Crippen molar-refractivity contribution >= 4 is 23.5 Å². The lowest BCUT2D eigenvalue weighted by molar-refractivity contribution is -0.132. The van der Waals surface area contributed by atoms with E-state index in [0.29, 0.717) is 19.4 Å². The summed E-state index contributed by atoms with van der Waals surface area (Å²) in [5.41, 5.74) is 0.782. The van der Waals surface area contributed by atoms with Crippen LogP contribution >= 0.6 is 11.8 Å². The third-order valence-electron chi connectivity index (χ3n) is 4.68. The highest BCUT2D eigenvalue weighted by molar-refractivity contribution is 7.98. The molecule has 0 radical (unpaired) electrons. The van der Waals surface area contributed by atoms with Gasteiger partial charge in [0.15, 0.2) is 5.78 Å². The number of aryl methyl sites for hydroxylation is 1. The van der Waals surface area contributed by atoms with Crippen LogP contribution in [0.1, 0.15) is 35.4 Å². The first-order valence-electron chi connectivity index (χ1n) is 8.66. The standard InChI is InChI=1S/C20H23NO3S/c1-25-18-9-3-2-8-17(18)20(23)15-6-4-12-21(14-15)19(22)11-10-16-7-5-13-24-16/h2-3,5,7-9,13,15H,4,6,10-12,14H2,1H3/t15-/m0/s1. The number of likely N-dealkylation sites (tertiary alicyclic amines) is 1. The number of nitrogens with zero attached hydrogens (tertiary/aromatic N) is 1. The molecule has 0 aliphatic carbocycles. The van der Waals surface area contributed by atoms with Crippen LogP contribution in [-0.2, 0) is 11.2 Å². The molecule has 0 unspecified atom stereocenters. The maximum absolute atomic E-state index is 12.9. The largest absolute Gasteiger partial charge is 0.469 e. The molecule has 3 rings (SSSR count). The molecule has 0 N–H and O–H groups in total. The number of furan rings is 1. The SMILES string of the molecule is CSc1ccccc1C(=O)[C@H]1CCCN(C(=O)CCc2ccco2)C1. The lowest BCUT2D eigenvalue weighted by Gasteiger charge is -2.32. The molecule has 1 aliphatic rings. The van der Waals surface area contributed by atoms with Crippen LogP contribution in [0.2, 0.25) is 0 Å². The molecule has 0 bridgehead atoms.